The Morgan fingerprint density at radius 3 is 2.36 bits per heavy atom. The summed E-state index contributed by atoms with van der Waals surface area (Å²) in [5, 5.41) is 13.9. The molecular weight excluding hydrogens is 488 g/mol. The molecule has 5 rings (SSSR count). The third-order valence-corrected chi connectivity index (χ3v) is 7.13. The van der Waals surface area contributed by atoms with E-state index in [2.05, 4.69) is 76.5 Å². The van der Waals surface area contributed by atoms with Gasteiger partial charge in [-0.25, -0.2) is 4.68 Å². The summed E-state index contributed by atoms with van der Waals surface area (Å²) in [4.78, 5) is 18.5. The number of aryl methyl sites for hydroxylation is 2. The van der Waals surface area contributed by atoms with E-state index >= 15 is 0 Å². The highest BCUT2D eigenvalue weighted by atomic mass is 16.5. The molecule has 0 aliphatic rings. The van der Waals surface area contributed by atoms with Gasteiger partial charge in [-0.05, 0) is 77.5 Å². The minimum absolute atomic E-state index is 0.0760. The Labute approximate surface area is 228 Å². The minimum Gasteiger partial charge on any atom is -0.497 e. The molecule has 1 N–H and O–H groups in total. The smallest absolute Gasteiger partial charge is 0.252 e. The first-order valence-corrected chi connectivity index (χ1v) is 13.2. The van der Waals surface area contributed by atoms with E-state index < -0.39 is 0 Å². The van der Waals surface area contributed by atoms with Crippen molar-refractivity contribution in [2.75, 3.05) is 7.11 Å². The Balaban J connectivity index is 1.50. The average Bonchev–Trinajstić information content (AvgIpc) is 3.39. The first-order chi connectivity index (χ1) is 18.9. The van der Waals surface area contributed by atoms with Crippen LogP contribution in [0.25, 0.3) is 10.9 Å². The third kappa shape index (κ3) is 6.07. The Hall–Kier alpha value is -4.30. The van der Waals surface area contributed by atoms with Crippen LogP contribution in [0.3, 0.4) is 0 Å². The van der Waals surface area contributed by atoms with Crippen LogP contribution >= 0.6 is 0 Å². The molecule has 2 heterocycles. The molecular formula is C31H34N6O2. The maximum Gasteiger partial charge on any atom is 0.252 e. The number of tetrazole rings is 1. The van der Waals surface area contributed by atoms with Crippen molar-refractivity contribution < 1.29 is 4.74 Å². The Kier molecular flexibility index (Phi) is 7.84. The predicted molar refractivity (Wildman–Crippen MR) is 153 cm³/mol. The standard InChI is InChI=1S/C31H34N6O2/c1-5-29(30-33-34-35-37(30)19-24-11-13-27(39-4)14-12-24)36(18-23-9-6-21(2)7-10-23)20-26-17-25-16-22(3)8-15-28(25)32-31(26)38/h6-17,29H,5,18-20H2,1-4H3,(H,32,38). The molecule has 5 aromatic rings. The average molecular weight is 523 g/mol. The molecule has 0 spiro atoms. The van der Waals surface area contributed by atoms with Crippen molar-refractivity contribution in [2.24, 2.45) is 0 Å². The van der Waals surface area contributed by atoms with E-state index in [1.807, 2.05) is 47.1 Å². The summed E-state index contributed by atoms with van der Waals surface area (Å²) < 4.78 is 7.15. The van der Waals surface area contributed by atoms with Crippen LogP contribution in [-0.4, -0.2) is 37.2 Å². The largest absolute Gasteiger partial charge is 0.497 e. The summed E-state index contributed by atoms with van der Waals surface area (Å²) >= 11 is 0. The van der Waals surface area contributed by atoms with E-state index in [0.717, 1.165) is 40.0 Å². The Bertz CT molecular complexity index is 1610. The number of ether oxygens (including phenoxy) is 1. The van der Waals surface area contributed by atoms with Gasteiger partial charge in [-0.2, -0.15) is 0 Å². The zero-order valence-electron chi connectivity index (χ0n) is 22.9. The normalized spacial score (nSPS) is 12.2. The number of nitrogens with zero attached hydrogens (tertiary/aromatic N) is 5. The molecule has 0 saturated heterocycles. The quantitative estimate of drug-likeness (QED) is 0.266. The van der Waals surface area contributed by atoms with Gasteiger partial charge in [-0.3, -0.25) is 9.69 Å². The lowest BCUT2D eigenvalue weighted by Crippen LogP contribution is -2.32. The van der Waals surface area contributed by atoms with Crippen molar-refractivity contribution in [3.8, 4) is 5.75 Å². The fourth-order valence-electron chi connectivity index (χ4n) is 4.98. The Morgan fingerprint density at radius 1 is 0.923 bits per heavy atom. The van der Waals surface area contributed by atoms with E-state index in [4.69, 9.17) is 4.74 Å². The van der Waals surface area contributed by atoms with Crippen LogP contribution in [0.2, 0.25) is 0 Å². The summed E-state index contributed by atoms with van der Waals surface area (Å²) in [6, 6.07) is 24.4. The van der Waals surface area contributed by atoms with Gasteiger partial charge in [0.2, 0.25) is 0 Å². The number of aromatic amines is 1. The fraction of sp³-hybridized carbons (Fsp3) is 0.290. The molecule has 0 amide bonds. The fourth-order valence-corrected chi connectivity index (χ4v) is 4.98. The first-order valence-electron chi connectivity index (χ1n) is 13.2. The van der Waals surface area contributed by atoms with Crippen molar-refractivity contribution in [1.82, 2.24) is 30.1 Å². The molecule has 0 saturated carbocycles. The lowest BCUT2D eigenvalue weighted by atomic mass is 10.1. The Morgan fingerprint density at radius 2 is 1.64 bits per heavy atom. The molecule has 0 aliphatic carbocycles. The van der Waals surface area contributed by atoms with Gasteiger partial charge in [0.15, 0.2) is 5.82 Å². The monoisotopic (exact) mass is 522 g/mol. The number of aromatic nitrogens is 5. The van der Waals surface area contributed by atoms with Crippen LogP contribution < -0.4 is 10.3 Å². The highest BCUT2D eigenvalue weighted by molar-refractivity contribution is 5.79. The second kappa shape index (κ2) is 11.6. The molecule has 3 aromatic carbocycles. The number of hydrogen-bond donors (Lipinski definition) is 1. The van der Waals surface area contributed by atoms with Gasteiger partial charge in [0, 0.05) is 24.2 Å². The van der Waals surface area contributed by atoms with E-state index in [9.17, 15) is 4.79 Å². The number of fused-ring (bicyclic) bond motifs is 1. The molecule has 0 aliphatic heterocycles. The van der Waals surface area contributed by atoms with Crippen LogP contribution in [0.1, 0.15) is 53.0 Å². The highest BCUT2D eigenvalue weighted by Crippen LogP contribution is 2.27. The lowest BCUT2D eigenvalue weighted by Gasteiger charge is -2.30. The highest BCUT2D eigenvalue weighted by Gasteiger charge is 2.26. The first kappa shape index (κ1) is 26.3. The number of methoxy groups -OCH3 is 1. The number of hydrogen-bond acceptors (Lipinski definition) is 6. The van der Waals surface area contributed by atoms with Crippen molar-refractivity contribution in [3.05, 3.63) is 117 Å². The summed E-state index contributed by atoms with van der Waals surface area (Å²) in [5.74, 6) is 1.58. The van der Waals surface area contributed by atoms with Gasteiger partial charge in [0.1, 0.15) is 5.75 Å². The summed E-state index contributed by atoms with van der Waals surface area (Å²) in [5.41, 5.74) is 6.09. The van der Waals surface area contributed by atoms with E-state index in [0.29, 0.717) is 25.2 Å². The molecule has 8 heteroatoms. The zero-order valence-corrected chi connectivity index (χ0v) is 22.9. The molecule has 2 aromatic heterocycles. The van der Waals surface area contributed by atoms with Gasteiger partial charge in [-0.15, -0.1) is 5.10 Å². The van der Waals surface area contributed by atoms with Crippen LogP contribution in [0.5, 0.6) is 5.75 Å². The van der Waals surface area contributed by atoms with E-state index in [-0.39, 0.29) is 11.6 Å². The second-order valence-electron chi connectivity index (χ2n) is 10.1. The molecule has 1 unspecified atom stereocenters. The molecule has 39 heavy (non-hydrogen) atoms. The predicted octanol–water partition coefficient (Wildman–Crippen LogP) is 5.34. The summed E-state index contributed by atoms with van der Waals surface area (Å²) in [7, 11) is 1.66. The number of rotatable bonds is 10. The molecule has 0 fully saturated rings. The summed E-state index contributed by atoms with van der Waals surface area (Å²) in [6.45, 7) is 7.93. The number of pyridine rings is 1. The van der Waals surface area contributed by atoms with Crippen LogP contribution in [0.15, 0.2) is 77.6 Å². The lowest BCUT2D eigenvalue weighted by molar-refractivity contribution is 0.161. The van der Waals surface area contributed by atoms with E-state index in [1.54, 1.807) is 7.11 Å². The maximum absolute atomic E-state index is 13.2. The van der Waals surface area contributed by atoms with Gasteiger partial charge in [-0.1, -0.05) is 60.5 Å². The maximum atomic E-state index is 13.2. The van der Waals surface area contributed by atoms with Crippen molar-refractivity contribution in [1.29, 1.82) is 0 Å². The van der Waals surface area contributed by atoms with Crippen molar-refractivity contribution >= 4 is 10.9 Å². The minimum atomic E-state index is -0.104. The van der Waals surface area contributed by atoms with Gasteiger partial charge in [0.25, 0.3) is 5.56 Å². The van der Waals surface area contributed by atoms with Gasteiger partial charge >= 0.3 is 0 Å². The topological polar surface area (TPSA) is 88.9 Å². The second-order valence-corrected chi connectivity index (χ2v) is 10.1. The van der Waals surface area contributed by atoms with Gasteiger partial charge in [0.05, 0.1) is 19.7 Å². The van der Waals surface area contributed by atoms with E-state index in [1.165, 1.54) is 11.1 Å². The van der Waals surface area contributed by atoms with Crippen LogP contribution in [-0.2, 0) is 19.6 Å². The van der Waals surface area contributed by atoms with Crippen LogP contribution in [0.4, 0.5) is 0 Å². The molecule has 0 bridgehead atoms. The number of H-pyrrole nitrogens is 1. The molecule has 200 valence electrons. The summed E-state index contributed by atoms with van der Waals surface area (Å²) in [6.07, 6.45) is 0.777. The number of benzene rings is 3. The van der Waals surface area contributed by atoms with Crippen molar-refractivity contribution in [2.45, 2.75) is 52.9 Å². The SMILES string of the molecule is CCC(c1nnnn1Cc1ccc(OC)cc1)N(Cc1ccc(C)cc1)Cc1cc2cc(C)ccc2[nH]c1=O. The van der Waals surface area contributed by atoms with Gasteiger partial charge < -0.3 is 9.72 Å². The van der Waals surface area contributed by atoms with Crippen molar-refractivity contribution in [3.63, 3.8) is 0 Å². The molecule has 0 radical (unpaired) electrons. The number of nitrogens with one attached hydrogen (secondary N) is 1. The third-order valence-electron chi connectivity index (χ3n) is 7.13. The molecule has 1 atom stereocenters. The molecule has 8 nitrogen and oxygen atoms in total. The van der Waals surface area contributed by atoms with Crippen LogP contribution in [0, 0.1) is 13.8 Å². The zero-order chi connectivity index (χ0) is 27.4.